The van der Waals surface area contributed by atoms with Crippen molar-refractivity contribution in [1.82, 2.24) is 15.0 Å². The molecular weight excluding hydrogens is 498 g/mol. The molecule has 3 aromatic rings. The van der Waals surface area contributed by atoms with Crippen LogP contribution in [0.25, 0.3) is 11.3 Å². The van der Waals surface area contributed by atoms with Crippen molar-refractivity contribution in [1.29, 1.82) is 0 Å². The largest absolute Gasteiger partial charge is 0.419 e. The van der Waals surface area contributed by atoms with E-state index in [1.165, 1.54) is 24.4 Å². The van der Waals surface area contributed by atoms with Gasteiger partial charge in [-0.15, -0.1) is 0 Å². The lowest BCUT2D eigenvalue weighted by Crippen LogP contribution is -2.47. The van der Waals surface area contributed by atoms with E-state index >= 15 is 0 Å². The third-order valence-corrected chi connectivity index (χ3v) is 6.75. The predicted octanol–water partition coefficient (Wildman–Crippen LogP) is 5.26. The van der Waals surface area contributed by atoms with Crippen molar-refractivity contribution in [2.75, 3.05) is 49.2 Å². The van der Waals surface area contributed by atoms with Crippen molar-refractivity contribution in [3.63, 3.8) is 0 Å². The SMILES string of the molecule is Fc1ccc(-c2cc(N3CCN(c4ncccc4C(F)(F)F)CC3)nc(C[C@H]3CCOC3)n2)cc1Cl. The lowest BCUT2D eigenvalue weighted by molar-refractivity contribution is -0.137. The molecule has 6 nitrogen and oxygen atoms in total. The highest BCUT2D eigenvalue weighted by molar-refractivity contribution is 6.31. The van der Waals surface area contributed by atoms with Gasteiger partial charge < -0.3 is 14.5 Å². The van der Waals surface area contributed by atoms with E-state index in [4.69, 9.17) is 26.3 Å². The average molecular weight is 522 g/mol. The molecule has 0 N–H and O–H groups in total. The quantitative estimate of drug-likeness (QED) is 0.427. The number of halogens is 5. The Morgan fingerprint density at radius 2 is 1.81 bits per heavy atom. The Morgan fingerprint density at radius 1 is 1.03 bits per heavy atom. The number of piperazine rings is 1. The van der Waals surface area contributed by atoms with E-state index in [0.717, 1.165) is 12.5 Å². The fraction of sp³-hybridized carbons (Fsp3) is 0.400. The standard InChI is InChI=1S/C25H24ClF4N5O/c26-19-13-17(3-4-20(19)27)21-14-23(33-22(32-21)12-16-5-11-36-15-16)34-7-9-35(10-8-34)24-18(25(28,29)30)2-1-6-31-24/h1-4,6,13-14,16H,5,7-12,15H2/t16-/m1/s1. The number of nitrogens with zero attached hydrogens (tertiary/aromatic N) is 5. The first kappa shape index (κ1) is 24.7. The number of pyridine rings is 1. The molecule has 0 amide bonds. The molecule has 2 fully saturated rings. The molecular formula is C25H24ClF4N5O. The summed E-state index contributed by atoms with van der Waals surface area (Å²) >= 11 is 6.01. The van der Waals surface area contributed by atoms with Crippen LogP contribution in [0.4, 0.5) is 29.2 Å². The van der Waals surface area contributed by atoms with Gasteiger partial charge in [0, 0.05) is 63.6 Å². The van der Waals surface area contributed by atoms with E-state index in [2.05, 4.69) is 4.98 Å². The summed E-state index contributed by atoms with van der Waals surface area (Å²) < 4.78 is 59.7. The normalized spacial score (nSPS) is 18.6. The van der Waals surface area contributed by atoms with Gasteiger partial charge in [0.25, 0.3) is 0 Å². The van der Waals surface area contributed by atoms with Crippen molar-refractivity contribution in [3.8, 4) is 11.3 Å². The van der Waals surface area contributed by atoms with Crippen molar-refractivity contribution in [2.45, 2.75) is 19.0 Å². The van der Waals surface area contributed by atoms with Gasteiger partial charge in [-0.25, -0.2) is 19.3 Å². The van der Waals surface area contributed by atoms with Crippen LogP contribution in [0.3, 0.4) is 0 Å². The summed E-state index contributed by atoms with van der Waals surface area (Å²) in [6, 6.07) is 8.61. The van der Waals surface area contributed by atoms with Crippen LogP contribution in [0, 0.1) is 11.7 Å². The maximum absolute atomic E-state index is 13.7. The molecule has 0 unspecified atom stereocenters. The first-order chi connectivity index (χ1) is 17.3. The lowest BCUT2D eigenvalue weighted by Gasteiger charge is -2.37. The van der Waals surface area contributed by atoms with E-state index in [9.17, 15) is 17.6 Å². The smallest absolute Gasteiger partial charge is 0.381 e. The van der Waals surface area contributed by atoms with E-state index < -0.39 is 17.6 Å². The maximum Gasteiger partial charge on any atom is 0.419 e. The summed E-state index contributed by atoms with van der Waals surface area (Å²) in [5, 5.41) is 0.00264. The Morgan fingerprint density at radius 3 is 2.50 bits per heavy atom. The van der Waals surface area contributed by atoms with Gasteiger partial charge in [0.05, 0.1) is 16.3 Å². The number of hydrogen-bond acceptors (Lipinski definition) is 6. The van der Waals surface area contributed by atoms with Gasteiger partial charge >= 0.3 is 6.18 Å². The fourth-order valence-corrected chi connectivity index (χ4v) is 4.74. The van der Waals surface area contributed by atoms with Gasteiger partial charge in [-0.2, -0.15) is 13.2 Å². The molecule has 0 saturated carbocycles. The lowest BCUT2D eigenvalue weighted by atomic mass is 10.0. The Bertz CT molecular complexity index is 1230. The van der Waals surface area contributed by atoms with Crippen molar-refractivity contribution < 1.29 is 22.3 Å². The number of anilines is 2. The summed E-state index contributed by atoms with van der Waals surface area (Å²) in [5.41, 5.74) is 0.537. The van der Waals surface area contributed by atoms with Crippen LogP contribution in [0.2, 0.25) is 5.02 Å². The summed E-state index contributed by atoms with van der Waals surface area (Å²) in [7, 11) is 0. The third kappa shape index (κ3) is 5.39. The van der Waals surface area contributed by atoms with Crippen LogP contribution in [0.1, 0.15) is 17.8 Å². The second-order valence-electron chi connectivity index (χ2n) is 8.94. The van der Waals surface area contributed by atoms with Crippen LogP contribution in [0.5, 0.6) is 0 Å². The molecule has 2 aromatic heterocycles. The molecule has 4 heterocycles. The minimum Gasteiger partial charge on any atom is -0.381 e. The number of aromatic nitrogens is 3. The zero-order valence-corrected chi connectivity index (χ0v) is 20.1. The highest BCUT2D eigenvalue weighted by atomic mass is 35.5. The first-order valence-electron chi connectivity index (χ1n) is 11.7. The molecule has 2 aliphatic heterocycles. The molecule has 1 aromatic carbocycles. The zero-order valence-electron chi connectivity index (χ0n) is 19.3. The Kier molecular flexibility index (Phi) is 6.98. The van der Waals surface area contributed by atoms with Crippen molar-refractivity contribution in [3.05, 3.63) is 64.8 Å². The van der Waals surface area contributed by atoms with E-state index in [0.29, 0.717) is 74.6 Å². The molecule has 2 aliphatic rings. The number of rotatable bonds is 5. The summed E-state index contributed by atoms with van der Waals surface area (Å²) in [5.74, 6) is 1.06. The van der Waals surface area contributed by atoms with Gasteiger partial charge in [-0.3, -0.25) is 0 Å². The van der Waals surface area contributed by atoms with Gasteiger partial charge in [0.15, 0.2) is 0 Å². The van der Waals surface area contributed by atoms with Crippen LogP contribution in [-0.4, -0.2) is 54.3 Å². The number of alkyl halides is 3. The Labute approximate surface area is 210 Å². The minimum atomic E-state index is -4.47. The van der Waals surface area contributed by atoms with Crippen molar-refractivity contribution in [2.24, 2.45) is 5.92 Å². The van der Waals surface area contributed by atoms with Gasteiger partial charge in [-0.1, -0.05) is 11.6 Å². The predicted molar refractivity (Wildman–Crippen MR) is 129 cm³/mol. The summed E-state index contributed by atoms with van der Waals surface area (Å²) in [6.45, 7) is 2.98. The maximum atomic E-state index is 13.7. The van der Waals surface area contributed by atoms with E-state index in [-0.39, 0.29) is 10.8 Å². The molecule has 2 saturated heterocycles. The highest BCUT2D eigenvalue weighted by Gasteiger charge is 2.36. The second-order valence-corrected chi connectivity index (χ2v) is 9.34. The van der Waals surface area contributed by atoms with Crippen LogP contribution >= 0.6 is 11.6 Å². The average Bonchev–Trinajstić information content (AvgIpc) is 3.38. The highest BCUT2D eigenvalue weighted by Crippen LogP contribution is 2.36. The number of ether oxygens (including phenoxy) is 1. The van der Waals surface area contributed by atoms with Gasteiger partial charge in [0.1, 0.15) is 23.3 Å². The van der Waals surface area contributed by atoms with Crippen LogP contribution in [-0.2, 0) is 17.3 Å². The number of hydrogen-bond donors (Lipinski definition) is 0. The second kappa shape index (κ2) is 10.2. The first-order valence-corrected chi connectivity index (χ1v) is 12.1. The molecule has 190 valence electrons. The van der Waals surface area contributed by atoms with E-state index in [1.54, 1.807) is 11.0 Å². The fourth-order valence-electron chi connectivity index (χ4n) is 4.56. The van der Waals surface area contributed by atoms with Crippen molar-refractivity contribution >= 4 is 23.2 Å². The molecule has 11 heteroatoms. The zero-order chi connectivity index (χ0) is 25.3. The summed E-state index contributed by atoms with van der Waals surface area (Å²) in [4.78, 5) is 17.2. The summed E-state index contributed by atoms with van der Waals surface area (Å²) in [6.07, 6.45) is -1.54. The van der Waals surface area contributed by atoms with Crippen LogP contribution in [0.15, 0.2) is 42.6 Å². The Balaban J connectivity index is 1.40. The topological polar surface area (TPSA) is 54.4 Å². The molecule has 36 heavy (non-hydrogen) atoms. The monoisotopic (exact) mass is 521 g/mol. The molecule has 5 rings (SSSR count). The molecule has 0 radical (unpaired) electrons. The van der Waals surface area contributed by atoms with Crippen LogP contribution < -0.4 is 9.80 Å². The molecule has 0 bridgehead atoms. The third-order valence-electron chi connectivity index (χ3n) is 6.46. The molecule has 0 spiro atoms. The Hall–Kier alpha value is -2.98. The molecule has 0 aliphatic carbocycles. The van der Waals surface area contributed by atoms with Gasteiger partial charge in [-0.05, 0) is 42.7 Å². The van der Waals surface area contributed by atoms with E-state index in [1.807, 2.05) is 11.0 Å². The molecule has 1 atom stereocenters. The minimum absolute atomic E-state index is 0.00264. The number of benzene rings is 1. The van der Waals surface area contributed by atoms with Gasteiger partial charge in [0.2, 0.25) is 0 Å².